The maximum atomic E-state index is 12.6. The molecule has 6 nitrogen and oxygen atoms in total. The van der Waals surface area contributed by atoms with Gasteiger partial charge in [0, 0.05) is 24.6 Å². The zero-order valence-corrected chi connectivity index (χ0v) is 13.5. The standard InChI is InChI=1S/C15H26N4O2/c1-5-7-19(14(20)9-18-11-16-10-17-18)12-8-13(21-6-2)15(12,3)4/h10-13H,5-9H2,1-4H3. The average Bonchev–Trinajstić information content (AvgIpc) is 2.94. The fraction of sp³-hybridized carbons (Fsp3) is 0.800. The Morgan fingerprint density at radius 1 is 1.48 bits per heavy atom. The Morgan fingerprint density at radius 3 is 2.76 bits per heavy atom. The molecular weight excluding hydrogens is 268 g/mol. The molecule has 1 aliphatic carbocycles. The van der Waals surface area contributed by atoms with E-state index in [2.05, 4.69) is 30.9 Å². The van der Waals surface area contributed by atoms with Gasteiger partial charge in [-0.1, -0.05) is 20.8 Å². The van der Waals surface area contributed by atoms with Crippen LogP contribution >= 0.6 is 0 Å². The maximum Gasteiger partial charge on any atom is 0.244 e. The van der Waals surface area contributed by atoms with Gasteiger partial charge in [0.05, 0.1) is 6.10 Å². The zero-order valence-electron chi connectivity index (χ0n) is 13.5. The monoisotopic (exact) mass is 294 g/mol. The summed E-state index contributed by atoms with van der Waals surface area (Å²) in [6.45, 7) is 10.2. The van der Waals surface area contributed by atoms with Gasteiger partial charge in [0.2, 0.25) is 5.91 Å². The summed E-state index contributed by atoms with van der Waals surface area (Å²) in [6.07, 6.45) is 5.15. The first kappa shape index (κ1) is 15.9. The molecule has 0 radical (unpaired) electrons. The predicted octanol–water partition coefficient (Wildman–Crippen LogP) is 1.72. The van der Waals surface area contributed by atoms with E-state index in [1.54, 1.807) is 11.0 Å². The highest BCUT2D eigenvalue weighted by molar-refractivity contribution is 5.76. The van der Waals surface area contributed by atoms with Gasteiger partial charge < -0.3 is 9.64 Å². The first-order valence-corrected chi connectivity index (χ1v) is 7.74. The van der Waals surface area contributed by atoms with Gasteiger partial charge in [0.1, 0.15) is 19.2 Å². The molecule has 0 bridgehead atoms. The molecule has 2 unspecified atom stereocenters. The van der Waals surface area contributed by atoms with E-state index in [0.717, 1.165) is 26.0 Å². The Hall–Kier alpha value is -1.43. The summed E-state index contributed by atoms with van der Waals surface area (Å²) in [5, 5.41) is 4.02. The van der Waals surface area contributed by atoms with Crippen molar-refractivity contribution in [1.29, 1.82) is 0 Å². The molecule has 21 heavy (non-hydrogen) atoms. The van der Waals surface area contributed by atoms with Crippen LogP contribution in [0.5, 0.6) is 0 Å². The average molecular weight is 294 g/mol. The summed E-state index contributed by atoms with van der Waals surface area (Å²) in [4.78, 5) is 18.5. The molecule has 0 N–H and O–H groups in total. The van der Waals surface area contributed by atoms with Crippen molar-refractivity contribution in [3.63, 3.8) is 0 Å². The van der Waals surface area contributed by atoms with Crippen molar-refractivity contribution in [1.82, 2.24) is 19.7 Å². The van der Waals surface area contributed by atoms with E-state index in [0.29, 0.717) is 0 Å². The fourth-order valence-corrected chi connectivity index (χ4v) is 3.12. The van der Waals surface area contributed by atoms with E-state index in [9.17, 15) is 4.79 Å². The van der Waals surface area contributed by atoms with Crippen molar-refractivity contribution in [2.45, 2.75) is 59.2 Å². The maximum absolute atomic E-state index is 12.6. The van der Waals surface area contributed by atoms with Crippen LogP contribution in [0.4, 0.5) is 0 Å². The molecule has 1 aromatic rings. The van der Waals surface area contributed by atoms with E-state index < -0.39 is 0 Å². The smallest absolute Gasteiger partial charge is 0.244 e. The summed E-state index contributed by atoms with van der Waals surface area (Å²) in [7, 11) is 0. The number of carbonyl (C=O) groups excluding carboxylic acids is 1. The number of nitrogens with zero attached hydrogens (tertiary/aromatic N) is 4. The molecule has 0 aromatic carbocycles. The van der Waals surface area contributed by atoms with Gasteiger partial charge in [0.25, 0.3) is 0 Å². The number of ether oxygens (including phenoxy) is 1. The number of carbonyl (C=O) groups is 1. The Morgan fingerprint density at radius 2 is 2.24 bits per heavy atom. The van der Waals surface area contributed by atoms with Crippen molar-refractivity contribution in [3.05, 3.63) is 12.7 Å². The molecule has 2 rings (SSSR count). The van der Waals surface area contributed by atoms with Crippen molar-refractivity contribution in [2.24, 2.45) is 5.41 Å². The van der Waals surface area contributed by atoms with Gasteiger partial charge in [-0.15, -0.1) is 0 Å². The van der Waals surface area contributed by atoms with Crippen molar-refractivity contribution >= 4 is 5.91 Å². The Balaban J connectivity index is 2.04. The predicted molar refractivity (Wildman–Crippen MR) is 79.6 cm³/mol. The minimum Gasteiger partial charge on any atom is -0.378 e. The summed E-state index contributed by atoms with van der Waals surface area (Å²) in [5.74, 6) is 0.107. The third-order valence-electron chi connectivity index (χ3n) is 4.42. The van der Waals surface area contributed by atoms with E-state index in [1.807, 2.05) is 11.8 Å². The first-order chi connectivity index (χ1) is 10.0. The van der Waals surface area contributed by atoms with Gasteiger partial charge in [-0.2, -0.15) is 5.10 Å². The van der Waals surface area contributed by atoms with Gasteiger partial charge in [0.15, 0.2) is 0 Å². The Labute approximate surface area is 126 Å². The third-order valence-corrected chi connectivity index (χ3v) is 4.42. The number of hydrogen-bond donors (Lipinski definition) is 0. The summed E-state index contributed by atoms with van der Waals surface area (Å²) < 4.78 is 7.35. The topological polar surface area (TPSA) is 60.2 Å². The summed E-state index contributed by atoms with van der Waals surface area (Å²) in [5.41, 5.74) is 0.00318. The van der Waals surface area contributed by atoms with Crippen LogP contribution in [0.3, 0.4) is 0 Å². The number of amides is 1. The molecule has 118 valence electrons. The number of aromatic nitrogens is 3. The number of rotatable bonds is 7. The minimum absolute atomic E-state index is 0.00318. The molecular formula is C15H26N4O2. The molecule has 0 aliphatic heterocycles. The highest BCUT2D eigenvalue weighted by Gasteiger charge is 2.52. The van der Waals surface area contributed by atoms with Crippen LogP contribution in [0.15, 0.2) is 12.7 Å². The lowest BCUT2D eigenvalue weighted by Crippen LogP contribution is -2.63. The second-order valence-electron chi connectivity index (χ2n) is 6.20. The second-order valence-corrected chi connectivity index (χ2v) is 6.20. The SMILES string of the molecule is CCCN(C(=O)Cn1cncn1)C1CC(OCC)C1(C)C. The quantitative estimate of drug-likeness (QED) is 0.768. The highest BCUT2D eigenvalue weighted by Crippen LogP contribution is 2.46. The summed E-state index contributed by atoms with van der Waals surface area (Å²) >= 11 is 0. The van der Waals surface area contributed by atoms with E-state index in [1.165, 1.54) is 6.33 Å². The van der Waals surface area contributed by atoms with Crippen LogP contribution in [-0.4, -0.2) is 50.9 Å². The molecule has 1 amide bonds. The fourth-order valence-electron chi connectivity index (χ4n) is 3.12. The first-order valence-electron chi connectivity index (χ1n) is 7.74. The van der Waals surface area contributed by atoms with Crippen molar-refractivity contribution in [2.75, 3.05) is 13.2 Å². The van der Waals surface area contributed by atoms with Crippen LogP contribution in [0.25, 0.3) is 0 Å². The van der Waals surface area contributed by atoms with Gasteiger partial charge >= 0.3 is 0 Å². The molecule has 1 saturated carbocycles. The van der Waals surface area contributed by atoms with Crippen molar-refractivity contribution < 1.29 is 9.53 Å². The Kier molecular flexibility index (Phi) is 4.98. The van der Waals surface area contributed by atoms with Crippen LogP contribution in [0.1, 0.15) is 40.5 Å². The lowest BCUT2D eigenvalue weighted by Gasteiger charge is -2.55. The van der Waals surface area contributed by atoms with Gasteiger partial charge in [-0.3, -0.25) is 4.79 Å². The van der Waals surface area contributed by atoms with Crippen molar-refractivity contribution in [3.8, 4) is 0 Å². The molecule has 2 atom stereocenters. The summed E-state index contributed by atoms with van der Waals surface area (Å²) in [6, 6.07) is 0.241. The van der Waals surface area contributed by atoms with Crippen LogP contribution in [0.2, 0.25) is 0 Å². The van der Waals surface area contributed by atoms with E-state index in [-0.39, 0.29) is 30.0 Å². The van der Waals surface area contributed by atoms with Gasteiger partial charge in [-0.05, 0) is 19.8 Å². The molecule has 1 aliphatic rings. The molecule has 0 saturated heterocycles. The molecule has 1 heterocycles. The third kappa shape index (κ3) is 3.26. The largest absolute Gasteiger partial charge is 0.378 e. The lowest BCUT2D eigenvalue weighted by atomic mass is 9.63. The van der Waals surface area contributed by atoms with Gasteiger partial charge in [-0.25, -0.2) is 9.67 Å². The molecule has 1 aromatic heterocycles. The molecule has 1 fully saturated rings. The normalized spacial score (nSPS) is 23.6. The minimum atomic E-state index is 0.00318. The van der Waals surface area contributed by atoms with Crippen LogP contribution in [0, 0.1) is 5.41 Å². The molecule has 0 spiro atoms. The van der Waals surface area contributed by atoms with E-state index >= 15 is 0 Å². The lowest BCUT2D eigenvalue weighted by molar-refractivity contribution is -0.167. The highest BCUT2D eigenvalue weighted by atomic mass is 16.5. The second kappa shape index (κ2) is 6.56. The van der Waals surface area contributed by atoms with Crippen LogP contribution in [-0.2, 0) is 16.1 Å². The zero-order chi connectivity index (χ0) is 15.5. The van der Waals surface area contributed by atoms with E-state index in [4.69, 9.17) is 4.74 Å². The number of hydrogen-bond acceptors (Lipinski definition) is 4. The van der Waals surface area contributed by atoms with Crippen LogP contribution < -0.4 is 0 Å². The molecule has 6 heteroatoms. The Bertz CT molecular complexity index is 458.